The van der Waals surface area contributed by atoms with Crippen LogP contribution in [-0.2, 0) is 4.74 Å². The molecule has 0 N–H and O–H groups in total. The summed E-state index contributed by atoms with van der Waals surface area (Å²) in [5, 5.41) is 1.13. The Labute approximate surface area is 141 Å². The molecule has 120 valence electrons. The van der Waals surface area contributed by atoms with Gasteiger partial charge in [0.25, 0.3) is 0 Å². The minimum absolute atomic E-state index is 0.740. The van der Waals surface area contributed by atoms with Gasteiger partial charge in [0, 0.05) is 30.3 Å². The second-order valence-corrected chi connectivity index (χ2v) is 5.79. The van der Waals surface area contributed by atoms with Crippen LogP contribution >= 0.6 is 0 Å². The van der Waals surface area contributed by atoms with Crippen molar-refractivity contribution in [3.63, 3.8) is 0 Å². The quantitative estimate of drug-likeness (QED) is 0.689. The Kier molecular flexibility index (Phi) is 4.21. The maximum absolute atomic E-state index is 5.47. The first kappa shape index (κ1) is 14.8. The summed E-state index contributed by atoms with van der Waals surface area (Å²) in [6, 6.07) is 20.4. The molecule has 0 bridgehead atoms. The van der Waals surface area contributed by atoms with Crippen molar-refractivity contribution in [1.82, 2.24) is 4.98 Å². The van der Waals surface area contributed by atoms with Gasteiger partial charge in [0.2, 0.25) is 0 Å². The number of aliphatic imine (C=N–C) groups is 1. The molecule has 3 aromatic rings. The van der Waals surface area contributed by atoms with Crippen molar-refractivity contribution in [2.45, 2.75) is 0 Å². The fraction of sp³-hybridized carbons (Fsp3) is 0.200. The number of fused-ring (bicyclic) bond motifs is 1. The van der Waals surface area contributed by atoms with Gasteiger partial charge in [-0.2, -0.15) is 0 Å². The number of morpholine rings is 1. The number of rotatable bonds is 3. The maximum atomic E-state index is 5.47. The normalized spacial score (nSPS) is 15.2. The van der Waals surface area contributed by atoms with Crippen LogP contribution in [0.2, 0.25) is 0 Å². The van der Waals surface area contributed by atoms with E-state index >= 15 is 0 Å². The van der Waals surface area contributed by atoms with Gasteiger partial charge in [0.15, 0.2) is 0 Å². The van der Waals surface area contributed by atoms with E-state index in [1.54, 1.807) is 0 Å². The first-order chi connectivity index (χ1) is 11.9. The van der Waals surface area contributed by atoms with Crippen LogP contribution in [0.4, 0.5) is 11.5 Å². The number of hydrogen-bond acceptors (Lipinski definition) is 4. The molecule has 0 spiro atoms. The molecule has 1 saturated heterocycles. The Hall–Kier alpha value is -2.72. The van der Waals surface area contributed by atoms with Gasteiger partial charge in [0.05, 0.1) is 24.4 Å². The van der Waals surface area contributed by atoms with E-state index in [4.69, 9.17) is 9.72 Å². The van der Waals surface area contributed by atoms with Crippen molar-refractivity contribution < 1.29 is 4.74 Å². The van der Waals surface area contributed by atoms with Gasteiger partial charge in [-0.3, -0.25) is 4.99 Å². The Morgan fingerprint density at radius 3 is 2.54 bits per heavy atom. The van der Waals surface area contributed by atoms with E-state index in [9.17, 15) is 0 Å². The van der Waals surface area contributed by atoms with E-state index in [2.05, 4.69) is 28.1 Å². The molecule has 0 aliphatic carbocycles. The molecule has 0 radical (unpaired) electrons. The van der Waals surface area contributed by atoms with Crippen molar-refractivity contribution >= 4 is 28.6 Å². The molecule has 4 heteroatoms. The minimum Gasteiger partial charge on any atom is -0.378 e. The SMILES string of the molecule is C(=Nc1ccccc1)c1cc2ccccc2nc1N1CCOCC1. The lowest BCUT2D eigenvalue weighted by molar-refractivity contribution is 0.122. The maximum Gasteiger partial charge on any atom is 0.138 e. The van der Waals surface area contributed by atoms with E-state index in [-0.39, 0.29) is 0 Å². The molecule has 1 fully saturated rings. The predicted molar refractivity (Wildman–Crippen MR) is 98.5 cm³/mol. The molecule has 4 rings (SSSR count). The molecular weight excluding hydrogens is 298 g/mol. The number of anilines is 1. The average Bonchev–Trinajstić information content (AvgIpc) is 2.67. The minimum atomic E-state index is 0.740. The number of para-hydroxylation sites is 2. The lowest BCUT2D eigenvalue weighted by atomic mass is 10.1. The third-order valence-electron chi connectivity index (χ3n) is 4.15. The third-order valence-corrected chi connectivity index (χ3v) is 4.15. The summed E-state index contributed by atoms with van der Waals surface area (Å²) in [6.45, 7) is 3.20. The number of benzene rings is 2. The standard InChI is InChI=1S/C20H19N3O/c1-2-7-18(8-3-1)21-15-17-14-16-6-4-5-9-19(16)22-20(17)23-10-12-24-13-11-23/h1-9,14-15H,10-13H2. The van der Waals surface area contributed by atoms with E-state index < -0.39 is 0 Å². The number of pyridine rings is 1. The summed E-state index contributed by atoms with van der Waals surface area (Å²) < 4.78 is 5.47. The van der Waals surface area contributed by atoms with E-state index in [1.807, 2.05) is 48.7 Å². The fourth-order valence-electron chi connectivity index (χ4n) is 2.90. The zero-order chi connectivity index (χ0) is 16.2. The summed E-state index contributed by atoms with van der Waals surface area (Å²) in [5.41, 5.74) is 2.99. The van der Waals surface area contributed by atoms with Gasteiger partial charge < -0.3 is 9.64 Å². The van der Waals surface area contributed by atoms with Crippen LogP contribution in [0.15, 0.2) is 65.7 Å². The van der Waals surface area contributed by atoms with Gasteiger partial charge in [0.1, 0.15) is 5.82 Å². The Morgan fingerprint density at radius 1 is 0.958 bits per heavy atom. The summed E-state index contributed by atoms with van der Waals surface area (Å²) >= 11 is 0. The molecule has 1 aromatic heterocycles. The average molecular weight is 317 g/mol. The molecule has 24 heavy (non-hydrogen) atoms. The smallest absolute Gasteiger partial charge is 0.138 e. The molecule has 2 heterocycles. The summed E-state index contributed by atoms with van der Waals surface area (Å²) in [5.74, 6) is 0.983. The van der Waals surface area contributed by atoms with Crippen molar-refractivity contribution in [3.05, 3.63) is 66.2 Å². The van der Waals surface area contributed by atoms with E-state index in [0.717, 1.165) is 54.3 Å². The molecule has 2 aromatic carbocycles. The van der Waals surface area contributed by atoms with Gasteiger partial charge in [-0.25, -0.2) is 4.98 Å². The summed E-state index contributed by atoms with van der Waals surface area (Å²) in [6.07, 6.45) is 1.92. The highest BCUT2D eigenvalue weighted by Crippen LogP contribution is 2.24. The van der Waals surface area contributed by atoms with Crippen molar-refractivity contribution in [2.75, 3.05) is 31.2 Å². The first-order valence-corrected chi connectivity index (χ1v) is 8.22. The van der Waals surface area contributed by atoms with Crippen LogP contribution in [0.5, 0.6) is 0 Å². The molecule has 0 atom stereocenters. The Morgan fingerprint density at radius 2 is 1.71 bits per heavy atom. The summed E-state index contributed by atoms with van der Waals surface area (Å²) in [4.78, 5) is 11.8. The Balaban J connectivity index is 1.77. The Bertz CT molecular complexity index is 855. The highest BCUT2D eigenvalue weighted by atomic mass is 16.5. The second kappa shape index (κ2) is 6.81. The molecule has 0 saturated carbocycles. The number of aromatic nitrogens is 1. The van der Waals surface area contributed by atoms with Gasteiger partial charge in [-0.05, 0) is 24.3 Å². The highest BCUT2D eigenvalue weighted by Gasteiger charge is 2.16. The monoisotopic (exact) mass is 317 g/mol. The van der Waals surface area contributed by atoms with Crippen molar-refractivity contribution in [2.24, 2.45) is 4.99 Å². The molecule has 1 aliphatic rings. The highest BCUT2D eigenvalue weighted by molar-refractivity contribution is 5.94. The van der Waals surface area contributed by atoms with Gasteiger partial charge in [-0.1, -0.05) is 36.4 Å². The van der Waals surface area contributed by atoms with Crippen LogP contribution in [0.1, 0.15) is 5.56 Å². The lowest BCUT2D eigenvalue weighted by Crippen LogP contribution is -2.37. The molecule has 0 amide bonds. The number of ether oxygens (including phenoxy) is 1. The van der Waals surface area contributed by atoms with Crippen LogP contribution in [-0.4, -0.2) is 37.5 Å². The predicted octanol–water partition coefficient (Wildman–Crippen LogP) is 3.82. The fourth-order valence-corrected chi connectivity index (χ4v) is 2.90. The van der Waals surface area contributed by atoms with Crippen molar-refractivity contribution in [1.29, 1.82) is 0 Å². The second-order valence-electron chi connectivity index (χ2n) is 5.79. The third kappa shape index (κ3) is 3.14. The van der Waals surface area contributed by atoms with E-state index in [0.29, 0.717) is 0 Å². The summed E-state index contributed by atoms with van der Waals surface area (Å²) in [7, 11) is 0. The zero-order valence-corrected chi connectivity index (χ0v) is 13.4. The van der Waals surface area contributed by atoms with Crippen LogP contribution in [0.25, 0.3) is 10.9 Å². The molecule has 1 aliphatic heterocycles. The molecule has 0 unspecified atom stereocenters. The first-order valence-electron chi connectivity index (χ1n) is 8.22. The van der Waals surface area contributed by atoms with Gasteiger partial charge in [-0.15, -0.1) is 0 Å². The largest absolute Gasteiger partial charge is 0.378 e. The van der Waals surface area contributed by atoms with Gasteiger partial charge >= 0.3 is 0 Å². The molecule has 4 nitrogen and oxygen atoms in total. The van der Waals surface area contributed by atoms with Crippen LogP contribution in [0.3, 0.4) is 0 Å². The lowest BCUT2D eigenvalue weighted by Gasteiger charge is -2.29. The van der Waals surface area contributed by atoms with Crippen LogP contribution in [0, 0.1) is 0 Å². The van der Waals surface area contributed by atoms with Crippen molar-refractivity contribution in [3.8, 4) is 0 Å². The van der Waals surface area contributed by atoms with Crippen LogP contribution < -0.4 is 4.90 Å². The molecular formula is C20H19N3O. The number of hydrogen-bond donors (Lipinski definition) is 0. The van der Waals surface area contributed by atoms with E-state index in [1.165, 1.54) is 0 Å². The number of nitrogens with zero attached hydrogens (tertiary/aromatic N) is 3. The topological polar surface area (TPSA) is 37.7 Å². The zero-order valence-electron chi connectivity index (χ0n) is 13.4.